The third kappa shape index (κ3) is 1.16. The first-order valence-electron chi connectivity index (χ1n) is 6.97. The zero-order valence-electron chi connectivity index (χ0n) is 10.9. The van der Waals surface area contributed by atoms with Crippen molar-refractivity contribution in [2.75, 3.05) is 0 Å². The van der Waals surface area contributed by atoms with E-state index >= 15 is 0 Å². The highest BCUT2D eigenvalue weighted by molar-refractivity contribution is 6.25. The van der Waals surface area contributed by atoms with Crippen LogP contribution in [0.5, 0.6) is 0 Å². The van der Waals surface area contributed by atoms with Crippen molar-refractivity contribution >= 4 is 32.3 Å². The summed E-state index contributed by atoms with van der Waals surface area (Å²) in [7, 11) is 0. The summed E-state index contributed by atoms with van der Waals surface area (Å²) < 4.78 is 0. The van der Waals surface area contributed by atoms with Gasteiger partial charge in [0.15, 0.2) is 0 Å². The first-order valence-corrected chi connectivity index (χ1v) is 6.97. The quantitative estimate of drug-likeness (QED) is 0.332. The van der Waals surface area contributed by atoms with Gasteiger partial charge in [0.05, 0.1) is 0 Å². The van der Waals surface area contributed by atoms with E-state index in [1.165, 1.54) is 43.4 Å². The van der Waals surface area contributed by atoms with E-state index < -0.39 is 0 Å². The number of benzene rings is 3. The molecule has 0 heterocycles. The van der Waals surface area contributed by atoms with Crippen LogP contribution in [-0.2, 0) is 0 Å². The highest BCUT2D eigenvalue weighted by Crippen LogP contribution is 2.39. The fourth-order valence-electron chi connectivity index (χ4n) is 3.48. The number of hydrogen-bond donors (Lipinski definition) is 0. The molecular formula is C20H12. The minimum Gasteiger partial charge on any atom is -0.0610 e. The van der Waals surface area contributed by atoms with Crippen molar-refractivity contribution in [3.05, 3.63) is 72.8 Å². The molecule has 0 unspecified atom stereocenters. The fourth-order valence-corrected chi connectivity index (χ4v) is 3.48. The normalized spacial score (nSPS) is 12.0. The van der Waals surface area contributed by atoms with Gasteiger partial charge in [-0.15, -0.1) is 0 Å². The maximum absolute atomic E-state index is 2.27. The molecule has 0 saturated heterocycles. The average Bonchev–Trinajstić information content (AvgIpc) is 2.90. The van der Waals surface area contributed by atoms with E-state index in [1.54, 1.807) is 0 Å². The Morgan fingerprint density at radius 3 is 1.95 bits per heavy atom. The van der Waals surface area contributed by atoms with E-state index in [0.717, 1.165) is 0 Å². The van der Waals surface area contributed by atoms with Crippen LogP contribution in [0.1, 0.15) is 0 Å². The van der Waals surface area contributed by atoms with Crippen molar-refractivity contribution in [1.29, 1.82) is 0 Å². The lowest BCUT2D eigenvalue weighted by atomic mass is 9.95. The summed E-state index contributed by atoms with van der Waals surface area (Å²) in [4.78, 5) is 0. The Hall–Kier alpha value is -2.60. The zero-order valence-corrected chi connectivity index (χ0v) is 10.9. The summed E-state index contributed by atoms with van der Waals surface area (Å²) in [5, 5.41) is 8.11. The molecule has 3 aromatic rings. The molecule has 0 spiro atoms. The van der Waals surface area contributed by atoms with E-state index in [0.29, 0.717) is 0 Å². The van der Waals surface area contributed by atoms with E-state index in [4.69, 9.17) is 0 Å². The molecule has 92 valence electrons. The predicted molar refractivity (Wildman–Crippen MR) is 86.8 cm³/mol. The molecule has 0 N–H and O–H groups in total. The van der Waals surface area contributed by atoms with Gasteiger partial charge in [0.1, 0.15) is 0 Å². The molecule has 0 aliphatic heterocycles. The second kappa shape index (κ2) is 3.49. The topological polar surface area (TPSA) is 0 Å². The average molecular weight is 252 g/mol. The summed E-state index contributed by atoms with van der Waals surface area (Å²) in [5.74, 6) is 0. The van der Waals surface area contributed by atoms with Crippen LogP contribution < -0.4 is 0 Å². The molecular weight excluding hydrogens is 240 g/mol. The molecule has 5 rings (SSSR count). The van der Waals surface area contributed by atoms with Gasteiger partial charge in [-0.25, -0.2) is 0 Å². The van der Waals surface area contributed by atoms with Crippen molar-refractivity contribution in [2.24, 2.45) is 0 Å². The Kier molecular flexibility index (Phi) is 1.78. The molecule has 2 aliphatic rings. The van der Waals surface area contributed by atoms with Gasteiger partial charge in [0, 0.05) is 0 Å². The summed E-state index contributed by atoms with van der Waals surface area (Å²) in [6.07, 6.45) is 0. The zero-order chi connectivity index (χ0) is 13.1. The fraction of sp³-hybridized carbons (Fsp3) is 0. The lowest BCUT2D eigenvalue weighted by molar-refractivity contribution is 1.82. The lowest BCUT2D eigenvalue weighted by Gasteiger charge is -2.09. The molecule has 0 bridgehead atoms. The molecule has 0 radical (unpaired) electrons. The van der Waals surface area contributed by atoms with Crippen LogP contribution >= 0.6 is 0 Å². The smallest absolute Gasteiger partial charge is 0.00206 e. The van der Waals surface area contributed by atoms with Crippen molar-refractivity contribution in [3.8, 4) is 11.1 Å². The van der Waals surface area contributed by atoms with Crippen LogP contribution in [0, 0.1) is 0 Å². The van der Waals surface area contributed by atoms with Crippen LogP contribution in [0.4, 0.5) is 0 Å². The van der Waals surface area contributed by atoms with Crippen molar-refractivity contribution in [2.45, 2.75) is 0 Å². The van der Waals surface area contributed by atoms with Crippen LogP contribution in [-0.4, -0.2) is 0 Å². The number of hydrogen-bond acceptors (Lipinski definition) is 0. The SMILES string of the molecule is c1cc2ccc3ccc4cccc5ccc(c-2c1)c3c45. The Morgan fingerprint density at radius 2 is 1.10 bits per heavy atom. The summed E-state index contributed by atoms with van der Waals surface area (Å²) in [6, 6.07) is 26.6. The molecule has 20 heavy (non-hydrogen) atoms. The highest BCUT2D eigenvalue weighted by atomic mass is 14.1. The van der Waals surface area contributed by atoms with Gasteiger partial charge in [-0.1, -0.05) is 72.8 Å². The van der Waals surface area contributed by atoms with Gasteiger partial charge in [-0.3, -0.25) is 0 Å². The van der Waals surface area contributed by atoms with Crippen molar-refractivity contribution in [3.63, 3.8) is 0 Å². The van der Waals surface area contributed by atoms with E-state index in [1.807, 2.05) is 0 Å². The molecule has 3 aromatic carbocycles. The van der Waals surface area contributed by atoms with E-state index in [-0.39, 0.29) is 0 Å². The van der Waals surface area contributed by atoms with Crippen molar-refractivity contribution in [1.82, 2.24) is 0 Å². The Bertz CT molecular complexity index is 1020. The first-order chi connectivity index (χ1) is 9.92. The third-order valence-corrected chi connectivity index (χ3v) is 4.39. The summed E-state index contributed by atoms with van der Waals surface area (Å²) in [5.41, 5.74) is 2.66. The standard InChI is InChI=1S/C20H12/c1-4-14-9-10-16-8-7-13-3-2-6-17(13)18-12-11-15(5-1)19(14)20(16)18/h1-12H. The summed E-state index contributed by atoms with van der Waals surface area (Å²) in [6.45, 7) is 0. The van der Waals surface area contributed by atoms with Gasteiger partial charge in [-0.05, 0) is 43.4 Å². The van der Waals surface area contributed by atoms with Crippen LogP contribution in [0.2, 0.25) is 0 Å². The van der Waals surface area contributed by atoms with Gasteiger partial charge >= 0.3 is 0 Å². The number of rotatable bonds is 0. The Morgan fingerprint density at radius 1 is 0.450 bits per heavy atom. The first kappa shape index (κ1) is 10.2. The van der Waals surface area contributed by atoms with E-state index in [9.17, 15) is 0 Å². The molecule has 0 nitrogen and oxygen atoms in total. The van der Waals surface area contributed by atoms with Gasteiger partial charge in [-0.2, -0.15) is 0 Å². The van der Waals surface area contributed by atoms with Crippen LogP contribution in [0.15, 0.2) is 72.8 Å². The highest BCUT2D eigenvalue weighted by Gasteiger charge is 2.11. The maximum Gasteiger partial charge on any atom is -0.00206 e. The molecule has 2 aliphatic carbocycles. The van der Waals surface area contributed by atoms with Crippen LogP contribution in [0.3, 0.4) is 0 Å². The predicted octanol–water partition coefficient (Wildman–Crippen LogP) is 5.69. The maximum atomic E-state index is 2.27. The Balaban J connectivity index is 2.22. The van der Waals surface area contributed by atoms with Crippen LogP contribution in [0.25, 0.3) is 43.4 Å². The van der Waals surface area contributed by atoms with Gasteiger partial charge < -0.3 is 0 Å². The monoisotopic (exact) mass is 252 g/mol. The summed E-state index contributed by atoms with van der Waals surface area (Å²) >= 11 is 0. The third-order valence-electron chi connectivity index (χ3n) is 4.39. The lowest BCUT2D eigenvalue weighted by Crippen LogP contribution is -1.81. The van der Waals surface area contributed by atoms with E-state index in [2.05, 4.69) is 72.8 Å². The molecule has 0 amide bonds. The van der Waals surface area contributed by atoms with Gasteiger partial charge in [0.25, 0.3) is 0 Å². The largest absolute Gasteiger partial charge is 0.0610 e. The number of fused-ring (bicyclic) bond motifs is 2. The minimum absolute atomic E-state index is 1.31. The molecule has 0 saturated carbocycles. The second-order valence-electron chi connectivity index (χ2n) is 5.45. The van der Waals surface area contributed by atoms with Gasteiger partial charge in [0.2, 0.25) is 0 Å². The molecule has 0 heteroatoms. The molecule has 0 atom stereocenters. The molecule has 0 fully saturated rings. The van der Waals surface area contributed by atoms with Crippen molar-refractivity contribution < 1.29 is 0 Å². The second-order valence-corrected chi connectivity index (χ2v) is 5.45. The Labute approximate surface area is 116 Å². The molecule has 0 aromatic heterocycles. The minimum atomic E-state index is 1.31.